The number of benzene rings is 1. The van der Waals surface area contributed by atoms with Gasteiger partial charge in [-0.2, -0.15) is 0 Å². The van der Waals surface area contributed by atoms with Crippen LogP contribution in [0.1, 0.15) is 30.1 Å². The molecule has 0 N–H and O–H groups in total. The first-order valence-corrected chi connectivity index (χ1v) is 12.2. The molecule has 5 aromatic rings. The SMILES string of the molecule is Cc1ncn(C)c1-c1cnc2c3cc(Cl)ncc3n([C@H](c3ccccc3F)C3CCOCC3)c2c1. The van der Waals surface area contributed by atoms with E-state index in [1.54, 1.807) is 18.6 Å². The van der Waals surface area contributed by atoms with Crippen molar-refractivity contribution in [3.63, 3.8) is 0 Å². The fraction of sp³-hybridized carbons (Fsp3) is 0.296. The zero-order chi connectivity index (χ0) is 24.1. The number of fused-ring (bicyclic) bond motifs is 3. The first-order chi connectivity index (χ1) is 17.0. The Hall–Kier alpha value is -3.29. The number of ether oxygens (including phenoxy) is 1. The lowest BCUT2D eigenvalue weighted by atomic mass is 9.86. The first-order valence-electron chi connectivity index (χ1n) is 11.8. The molecular weight excluding hydrogens is 465 g/mol. The number of hydrogen-bond donors (Lipinski definition) is 0. The third-order valence-electron chi connectivity index (χ3n) is 7.10. The van der Waals surface area contributed by atoms with Crippen molar-refractivity contribution in [1.29, 1.82) is 0 Å². The van der Waals surface area contributed by atoms with Crippen LogP contribution in [0.4, 0.5) is 4.39 Å². The predicted molar refractivity (Wildman–Crippen MR) is 135 cm³/mol. The summed E-state index contributed by atoms with van der Waals surface area (Å²) in [6.45, 7) is 3.31. The van der Waals surface area contributed by atoms with E-state index in [0.29, 0.717) is 23.9 Å². The number of pyridine rings is 2. The van der Waals surface area contributed by atoms with E-state index in [9.17, 15) is 0 Å². The van der Waals surface area contributed by atoms with Gasteiger partial charge in [0, 0.05) is 43.0 Å². The molecule has 1 fully saturated rings. The zero-order valence-corrected chi connectivity index (χ0v) is 20.3. The van der Waals surface area contributed by atoms with E-state index in [1.807, 2.05) is 42.9 Å². The van der Waals surface area contributed by atoms with Crippen LogP contribution in [0.5, 0.6) is 0 Å². The van der Waals surface area contributed by atoms with Gasteiger partial charge in [0.15, 0.2) is 0 Å². The van der Waals surface area contributed by atoms with E-state index in [4.69, 9.17) is 21.3 Å². The topological polar surface area (TPSA) is 57.8 Å². The lowest BCUT2D eigenvalue weighted by Crippen LogP contribution is -2.27. The fourth-order valence-corrected chi connectivity index (χ4v) is 5.68. The smallest absolute Gasteiger partial charge is 0.129 e. The highest BCUT2D eigenvalue weighted by Gasteiger charge is 2.32. The third-order valence-corrected chi connectivity index (χ3v) is 7.31. The molecule has 6 rings (SSSR count). The van der Waals surface area contributed by atoms with Gasteiger partial charge in [-0.15, -0.1) is 0 Å². The lowest BCUT2D eigenvalue weighted by Gasteiger charge is -2.33. The number of halogens is 2. The van der Waals surface area contributed by atoms with Crippen LogP contribution in [0.2, 0.25) is 5.15 Å². The van der Waals surface area contributed by atoms with Crippen LogP contribution in [0.25, 0.3) is 33.2 Å². The summed E-state index contributed by atoms with van der Waals surface area (Å²) in [5.41, 5.74) is 6.17. The number of hydrogen-bond acceptors (Lipinski definition) is 4. The van der Waals surface area contributed by atoms with Gasteiger partial charge in [0.1, 0.15) is 11.0 Å². The molecule has 178 valence electrons. The van der Waals surface area contributed by atoms with E-state index in [2.05, 4.69) is 20.6 Å². The molecule has 8 heteroatoms. The molecule has 4 aromatic heterocycles. The van der Waals surface area contributed by atoms with Crippen LogP contribution in [-0.4, -0.2) is 37.3 Å². The highest BCUT2D eigenvalue weighted by atomic mass is 35.5. The van der Waals surface area contributed by atoms with E-state index in [0.717, 1.165) is 51.7 Å². The average molecular weight is 490 g/mol. The summed E-state index contributed by atoms with van der Waals surface area (Å²) in [5, 5.41) is 1.31. The van der Waals surface area contributed by atoms with Gasteiger partial charge >= 0.3 is 0 Å². The Balaban J connectivity index is 1.69. The van der Waals surface area contributed by atoms with E-state index >= 15 is 4.39 Å². The molecule has 0 unspecified atom stereocenters. The highest BCUT2D eigenvalue weighted by molar-refractivity contribution is 6.30. The second-order valence-electron chi connectivity index (χ2n) is 9.19. The maximum absolute atomic E-state index is 15.4. The van der Waals surface area contributed by atoms with Crippen molar-refractivity contribution >= 4 is 33.5 Å². The van der Waals surface area contributed by atoms with Crippen molar-refractivity contribution in [3.05, 3.63) is 77.3 Å². The summed E-state index contributed by atoms with van der Waals surface area (Å²) in [7, 11) is 1.98. The molecule has 1 aliphatic heterocycles. The normalized spacial score (nSPS) is 15.8. The maximum atomic E-state index is 15.4. The minimum Gasteiger partial charge on any atom is -0.381 e. The van der Waals surface area contributed by atoms with Crippen LogP contribution in [-0.2, 0) is 11.8 Å². The quantitative estimate of drug-likeness (QED) is 0.286. The second kappa shape index (κ2) is 8.73. The number of imidazole rings is 1. The van der Waals surface area contributed by atoms with Crippen LogP contribution in [0.3, 0.4) is 0 Å². The second-order valence-corrected chi connectivity index (χ2v) is 9.58. The molecule has 0 aliphatic carbocycles. The number of nitrogens with zero attached hydrogens (tertiary/aromatic N) is 5. The fourth-order valence-electron chi connectivity index (χ4n) is 5.52. The molecule has 1 aromatic carbocycles. The van der Waals surface area contributed by atoms with E-state index in [1.165, 1.54) is 6.07 Å². The Bertz CT molecular complexity index is 1530. The van der Waals surface area contributed by atoms with Gasteiger partial charge < -0.3 is 13.9 Å². The van der Waals surface area contributed by atoms with Gasteiger partial charge in [0.2, 0.25) is 0 Å². The predicted octanol–water partition coefficient (Wildman–Crippen LogP) is 6.10. The lowest BCUT2D eigenvalue weighted by molar-refractivity contribution is 0.0548. The van der Waals surface area contributed by atoms with Crippen LogP contribution in [0, 0.1) is 18.7 Å². The van der Waals surface area contributed by atoms with Crippen LogP contribution in [0.15, 0.2) is 55.1 Å². The molecule has 0 amide bonds. The van der Waals surface area contributed by atoms with Gasteiger partial charge in [-0.3, -0.25) is 4.98 Å². The van der Waals surface area contributed by atoms with E-state index in [-0.39, 0.29) is 17.8 Å². The molecule has 1 aliphatic rings. The molecule has 5 heterocycles. The van der Waals surface area contributed by atoms with Crippen molar-refractivity contribution in [1.82, 2.24) is 24.1 Å². The minimum absolute atomic E-state index is 0.192. The Morgan fingerprint density at radius 2 is 1.86 bits per heavy atom. The molecule has 1 saturated heterocycles. The Labute approximate surface area is 207 Å². The number of aromatic nitrogens is 5. The molecule has 6 nitrogen and oxygen atoms in total. The Kier molecular flexibility index (Phi) is 5.54. The largest absolute Gasteiger partial charge is 0.381 e. The van der Waals surface area contributed by atoms with Gasteiger partial charge in [-0.25, -0.2) is 14.4 Å². The summed E-state index contributed by atoms with van der Waals surface area (Å²) in [6.07, 6.45) is 7.14. The van der Waals surface area contributed by atoms with Gasteiger partial charge in [-0.05, 0) is 43.9 Å². The van der Waals surface area contributed by atoms with Crippen molar-refractivity contribution < 1.29 is 9.13 Å². The molecular formula is C27H25ClFN5O. The van der Waals surface area contributed by atoms with E-state index < -0.39 is 0 Å². The zero-order valence-electron chi connectivity index (χ0n) is 19.6. The standard InChI is InChI=1S/C27H25ClFN5O/c1-16-26(33(2)15-32-16)18-11-22-25(31-13-18)20-12-24(28)30-14-23(20)34(22)27(17-7-9-35-10-8-17)19-5-3-4-6-21(19)29/h3-6,11-15,17,27H,7-10H2,1-2H3/t27-/m0/s1. The van der Waals surface area contributed by atoms with Crippen molar-refractivity contribution in [2.24, 2.45) is 13.0 Å². The summed E-state index contributed by atoms with van der Waals surface area (Å²) < 4.78 is 25.2. The molecule has 1 atom stereocenters. The summed E-state index contributed by atoms with van der Waals surface area (Å²) in [5.74, 6) is -0.0234. The van der Waals surface area contributed by atoms with Gasteiger partial charge in [0.25, 0.3) is 0 Å². The van der Waals surface area contributed by atoms with Crippen LogP contribution >= 0.6 is 11.6 Å². The molecule has 0 saturated carbocycles. The Morgan fingerprint density at radius 1 is 1.06 bits per heavy atom. The molecule has 0 radical (unpaired) electrons. The summed E-state index contributed by atoms with van der Waals surface area (Å²) in [6, 6.07) is 10.8. The Morgan fingerprint density at radius 3 is 2.60 bits per heavy atom. The monoisotopic (exact) mass is 489 g/mol. The molecule has 0 bridgehead atoms. The molecule has 35 heavy (non-hydrogen) atoms. The van der Waals surface area contributed by atoms with Crippen molar-refractivity contribution in [3.8, 4) is 11.3 Å². The van der Waals surface area contributed by atoms with Crippen molar-refractivity contribution in [2.75, 3.05) is 13.2 Å². The molecule has 0 spiro atoms. The number of rotatable bonds is 4. The van der Waals surface area contributed by atoms with Crippen molar-refractivity contribution in [2.45, 2.75) is 25.8 Å². The average Bonchev–Trinajstić information content (AvgIpc) is 3.37. The van der Waals surface area contributed by atoms with Crippen LogP contribution < -0.4 is 0 Å². The first kappa shape index (κ1) is 22.2. The van der Waals surface area contributed by atoms with Gasteiger partial charge in [0.05, 0.1) is 46.5 Å². The minimum atomic E-state index is -0.243. The number of aryl methyl sites for hydroxylation is 2. The summed E-state index contributed by atoms with van der Waals surface area (Å²) >= 11 is 6.32. The highest BCUT2D eigenvalue weighted by Crippen LogP contribution is 2.42. The third kappa shape index (κ3) is 3.70. The maximum Gasteiger partial charge on any atom is 0.129 e. The van der Waals surface area contributed by atoms with Gasteiger partial charge in [-0.1, -0.05) is 29.8 Å². The summed E-state index contributed by atoms with van der Waals surface area (Å²) in [4.78, 5) is 13.7.